The van der Waals surface area contributed by atoms with Gasteiger partial charge in [-0.05, 0) is 19.8 Å². The van der Waals surface area contributed by atoms with E-state index in [1.165, 1.54) is 0 Å². The van der Waals surface area contributed by atoms with Gasteiger partial charge in [0.15, 0.2) is 15.7 Å². The lowest BCUT2D eigenvalue weighted by Crippen LogP contribution is -2.22. The van der Waals surface area contributed by atoms with Crippen LogP contribution in [0.15, 0.2) is 4.52 Å². The molecule has 0 radical (unpaired) electrons. The lowest BCUT2D eigenvalue weighted by Gasteiger charge is -2.18. The number of aromatic nitrogens is 2. The summed E-state index contributed by atoms with van der Waals surface area (Å²) in [5.74, 6) is 0.746. The number of hydrogen-bond acceptors (Lipinski definition) is 6. The van der Waals surface area contributed by atoms with E-state index in [1.807, 2.05) is 0 Å². The molecule has 0 aromatic carbocycles. The van der Waals surface area contributed by atoms with Gasteiger partial charge >= 0.3 is 0 Å². The van der Waals surface area contributed by atoms with E-state index in [9.17, 15) is 8.42 Å². The maximum Gasteiger partial charge on any atom is 0.245 e. The normalized spacial score (nSPS) is 26.5. The molecule has 1 aliphatic rings. The van der Waals surface area contributed by atoms with Crippen molar-refractivity contribution in [1.29, 1.82) is 0 Å². The Balaban J connectivity index is 2.29. The first-order chi connectivity index (χ1) is 7.50. The molecule has 0 amide bonds. The summed E-state index contributed by atoms with van der Waals surface area (Å²) in [7, 11) is -3.13. The number of rotatable bonds is 2. The summed E-state index contributed by atoms with van der Waals surface area (Å²) in [6.07, 6.45) is 2.15. The second-order valence-corrected chi connectivity index (χ2v) is 6.43. The first-order valence-electron chi connectivity index (χ1n) is 5.31. The average Bonchev–Trinajstić information content (AvgIpc) is 2.65. The van der Waals surface area contributed by atoms with Gasteiger partial charge in [0.05, 0.1) is 11.8 Å². The van der Waals surface area contributed by atoms with Gasteiger partial charge in [0.2, 0.25) is 5.89 Å². The molecule has 90 valence electrons. The van der Waals surface area contributed by atoms with E-state index in [2.05, 4.69) is 10.1 Å². The van der Waals surface area contributed by atoms with Gasteiger partial charge in [-0.3, -0.25) is 0 Å². The maximum absolute atomic E-state index is 11.8. The summed E-state index contributed by atoms with van der Waals surface area (Å²) in [4.78, 5) is 4.05. The third kappa shape index (κ3) is 2.10. The van der Waals surface area contributed by atoms with Crippen LogP contribution >= 0.6 is 0 Å². The van der Waals surface area contributed by atoms with Gasteiger partial charge in [-0.1, -0.05) is 11.6 Å². The van der Waals surface area contributed by atoms with Crippen LogP contribution in [0.5, 0.6) is 0 Å². The van der Waals surface area contributed by atoms with Crippen molar-refractivity contribution in [3.05, 3.63) is 11.7 Å². The van der Waals surface area contributed by atoms with Gasteiger partial charge in [0, 0.05) is 0 Å². The quantitative estimate of drug-likeness (QED) is 0.824. The Bertz CT molecular complexity index is 466. The highest BCUT2D eigenvalue weighted by atomic mass is 32.2. The highest BCUT2D eigenvalue weighted by Crippen LogP contribution is 2.32. The molecule has 0 saturated carbocycles. The molecule has 1 aromatic rings. The highest BCUT2D eigenvalue weighted by Gasteiger charge is 2.34. The number of sulfone groups is 1. The Morgan fingerprint density at radius 2 is 2.25 bits per heavy atom. The van der Waals surface area contributed by atoms with Crippen LogP contribution in [0, 0.1) is 0 Å². The van der Waals surface area contributed by atoms with Crippen molar-refractivity contribution in [2.24, 2.45) is 5.73 Å². The van der Waals surface area contributed by atoms with Crippen molar-refractivity contribution >= 4 is 9.84 Å². The second-order valence-electron chi connectivity index (χ2n) is 4.13. The van der Waals surface area contributed by atoms with Crippen LogP contribution in [-0.2, 0) is 9.84 Å². The molecule has 7 heteroatoms. The zero-order chi connectivity index (χ0) is 11.8. The Labute approximate surface area is 94.1 Å². The van der Waals surface area contributed by atoms with E-state index in [-0.39, 0.29) is 17.7 Å². The summed E-state index contributed by atoms with van der Waals surface area (Å²) < 4.78 is 28.6. The molecule has 0 aliphatic carbocycles. The van der Waals surface area contributed by atoms with Crippen LogP contribution in [0.1, 0.15) is 49.2 Å². The van der Waals surface area contributed by atoms with Crippen LogP contribution in [-0.4, -0.2) is 24.3 Å². The average molecular weight is 245 g/mol. The lowest BCUT2D eigenvalue weighted by atomic mass is 10.2. The molecule has 6 nitrogen and oxygen atoms in total. The van der Waals surface area contributed by atoms with Crippen molar-refractivity contribution in [3.63, 3.8) is 0 Å². The van der Waals surface area contributed by atoms with E-state index in [4.69, 9.17) is 10.3 Å². The molecule has 2 heterocycles. The molecular weight excluding hydrogens is 230 g/mol. The van der Waals surface area contributed by atoms with E-state index in [0.717, 1.165) is 6.42 Å². The van der Waals surface area contributed by atoms with Crippen molar-refractivity contribution < 1.29 is 12.9 Å². The molecule has 1 aliphatic heterocycles. The maximum atomic E-state index is 11.8. The zero-order valence-corrected chi connectivity index (χ0v) is 9.90. The van der Waals surface area contributed by atoms with Crippen molar-refractivity contribution in [3.8, 4) is 0 Å². The van der Waals surface area contributed by atoms with Gasteiger partial charge in [-0.15, -0.1) is 0 Å². The summed E-state index contributed by atoms with van der Waals surface area (Å²) in [6, 6.07) is -0.344. The molecule has 2 atom stereocenters. The Kier molecular flexibility index (Phi) is 2.98. The number of nitrogens with two attached hydrogens (primary N) is 1. The van der Waals surface area contributed by atoms with Crippen LogP contribution in [0.4, 0.5) is 0 Å². The zero-order valence-electron chi connectivity index (χ0n) is 9.09. The Morgan fingerprint density at radius 1 is 1.50 bits per heavy atom. The molecule has 16 heavy (non-hydrogen) atoms. The topological polar surface area (TPSA) is 99.1 Å². The molecule has 1 fully saturated rings. The number of nitrogens with zero attached hydrogens (tertiary/aromatic N) is 2. The second kappa shape index (κ2) is 4.14. The third-order valence-corrected chi connectivity index (χ3v) is 4.88. The minimum Gasteiger partial charge on any atom is -0.338 e. The van der Waals surface area contributed by atoms with Crippen molar-refractivity contribution in [1.82, 2.24) is 10.1 Å². The fraction of sp³-hybridized carbons (Fsp3) is 0.778. The van der Waals surface area contributed by atoms with Gasteiger partial charge in [0.25, 0.3) is 0 Å². The van der Waals surface area contributed by atoms with Crippen LogP contribution < -0.4 is 5.73 Å². The van der Waals surface area contributed by atoms with Crippen molar-refractivity contribution in [2.45, 2.75) is 37.5 Å². The Morgan fingerprint density at radius 3 is 2.81 bits per heavy atom. The highest BCUT2D eigenvalue weighted by molar-refractivity contribution is 7.91. The summed E-state index contributed by atoms with van der Waals surface area (Å²) in [6.45, 7) is 1.73. The SMILES string of the molecule is CC(N)c1noc(C2CCCCS2(=O)=O)n1. The van der Waals surface area contributed by atoms with Gasteiger partial charge in [0.1, 0.15) is 5.25 Å². The Hall–Kier alpha value is -0.950. The molecular formula is C9H15N3O3S. The molecule has 1 aromatic heterocycles. The van der Waals surface area contributed by atoms with E-state index < -0.39 is 15.1 Å². The molecule has 2 N–H and O–H groups in total. The molecule has 0 spiro atoms. The minimum atomic E-state index is -3.13. The standard InChI is InChI=1S/C9H15N3O3S/c1-6(10)8-11-9(15-12-8)7-4-2-3-5-16(7,13)14/h6-7H,2-5,10H2,1H3. The molecule has 2 unspecified atom stereocenters. The predicted molar refractivity (Wildman–Crippen MR) is 57.3 cm³/mol. The van der Waals surface area contributed by atoms with E-state index in [0.29, 0.717) is 18.7 Å². The largest absolute Gasteiger partial charge is 0.338 e. The van der Waals surface area contributed by atoms with Crippen LogP contribution in [0.25, 0.3) is 0 Å². The monoisotopic (exact) mass is 245 g/mol. The molecule has 2 rings (SSSR count). The fourth-order valence-corrected chi connectivity index (χ4v) is 3.61. The van der Waals surface area contributed by atoms with E-state index in [1.54, 1.807) is 6.92 Å². The van der Waals surface area contributed by atoms with Crippen LogP contribution in [0.3, 0.4) is 0 Å². The van der Waals surface area contributed by atoms with E-state index >= 15 is 0 Å². The van der Waals surface area contributed by atoms with Gasteiger partial charge < -0.3 is 10.3 Å². The molecule has 1 saturated heterocycles. The third-order valence-electron chi connectivity index (χ3n) is 2.72. The first kappa shape index (κ1) is 11.5. The lowest BCUT2D eigenvalue weighted by molar-refractivity contribution is 0.357. The minimum absolute atomic E-state index is 0.187. The van der Waals surface area contributed by atoms with Gasteiger partial charge in [-0.2, -0.15) is 4.98 Å². The van der Waals surface area contributed by atoms with Crippen LogP contribution in [0.2, 0.25) is 0 Å². The fourth-order valence-electron chi connectivity index (χ4n) is 1.79. The predicted octanol–water partition coefficient (Wildman–Crippen LogP) is 0.729. The summed E-state index contributed by atoms with van der Waals surface area (Å²) in [5, 5.41) is 3.04. The van der Waals surface area contributed by atoms with Gasteiger partial charge in [-0.25, -0.2) is 8.42 Å². The summed E-state index contributed by atoms with van der Waals surface area (Å²) in [5.41, 5.74) is 5.59. The smallest absolute Gasteiger partial charge is 0.245 e. The molecule has 0 bridgehead atoms. The first-order valence-corrected chi connectivity index (χ1v) is 7.03. The van der Waals surface area contributed by atoms with Crippen molar-refractivity contribution in [2.75, 3.05) is 5.75 Å². The number of hydrogen-bond donors (Lipinski definition) is 1. The summed E-state index contributed by atoms with van der Waals surface area (Å²) >= 11 is 0.